The molecule has 2 aromatic rings. The lowest BCUT2D eigenvalue weighted by molar-refractivity contribution is -0.116. The van der Waals surface area contributed by atoms with Crippen molar-refractivity contribution in [3.05, 3.63) is 64.5 Å². The fourth-order valence-corrected chi connectivity index (χ4v) is 4.20. The van der Waals surface area contributed by atoms with Crippen LogP contribution in [-0.4, -0.2) is 20.1 Å². The van der Waals surface area contributed by atoms with E-state index >= 15 is 0 Å². The maximum atomic E-state index is 12.3. The minimum Gasteiger partial charge on any atom is -0.455 e. The van der Waals surface area contributed by atoms with E-state index in [2.05, 4.69) is 5.32 Å². The zero-order valence-electron chi connectivity index (χ0n) is 14.1. The van der Waals surface area contributed by atoms with Gasteiger partial charge in [-0.1, -0.05) is 35.4 Å². The van der Waals surface area contributed by atoms with Crippen LogP contribution in [0.15, 0.2) is 53.9 Å². The van der Waals surface area contributed by atoms with E-state index in [0.29, 0.717) is 22.2 Å². The number of hydrogen-bond donors (Lipinski definition) is 1. The third-order valence-corrected chi connectivity index (χ3v) is 5.62. The van der Waals surface area contributed by atoms with Crippen molar-refractivity contribution in [2.75, 3.05) is 11.1 Å². The van der Waals surface area contributed by atoms with E-state index < -0.39 is 9.84 Å². The molecule has 26 heavy (non-hydrogen) atoms. The summed E-state index contributed by atoms with van der Waals surface area (Å²) in [5, 5.41) is 4.38. The number of benzene rings is 2. The van der Waals surface area contributed by atoms with Gasteiger partial charge in [-0.2, -0.15) is 0 Å². The molecule has 136 valence electrons. The number of anilines is 1. The lowest BCUT2D eigenvalue weighted by Crippen LogP contribution is -2.18. The third-order valence-electron chi connectivity index (χ3n) is 3.92. The summed E-state index contributed by atoms with van der Waals surface area (Å²) in [4.78, 5) is 12.3. The summed E-state index contributed by atoms with van der Waals surface area (Å²) < 4.78 is 28.7. The van der Waals surface area contributed by atoms with Gasteiger partial charge in [0.2, 0.25) is 5.91 Å². The fraction of sp³-hybridized carbons (Fsp3) is 0.211. The van der Waals surface area contributed by atoms with Crippen molar-refractivity contribution in [1.29, 1.82) is 0 Å². The molecular formula is C19H18ClNO4S. The molecule has 1 aliphatic rings. The van der Waals surface area contributed by atoms with Crippen LogP contribution in [0.5, 0.6) is 11.5 Å². The van der Waals surface area contributed by atoms with Crippen molar-refractivity contribution in [1.82, 2.24) is 0 Å². The first-order valence-corrected chi connectivity index (χ1v) is 10.1. The SMILES string of the molecule is Cc1ccc(Oc2ccc(Cl)cc2NC(=O)CC2C=CS(=O)(=O)C2)cc1. The second kappa shape index (κ2) is 7.51. The van der Waals surface area contributed by atoms with Gasteiger partial charge in [0, 0.05) is 22.8 Å². The van der Waals surface area contributed by atoms with Crippen LogP contribution in [0.3, 0.4) is 0 Å². The summed E-state index contributed by atoms with van der Waals surface area (Å²) in [5.74, 6) is 0.440. The Morgan fingerprint density at radius 2 is 1.96 bits per heavy atom. The molecule has 1 unspecified atom stereocenters. The normalized spacial score (nSPS) is 17.8. The van der Waals surface area contributed by atoms with Crippen molar-refractivity contribution in [3.8, 4) is 11.5 Å². The predicted molar refractivity (Wildman–Crippen MR) is 102 cm³/mol. The third kappa shape index (κ3) is 4.86. The number of halogens is 1. The molecule has 3 rings (SSSR count). The molecule has 1 heterocycles. The van der Waals surface area contributed by atoms with Gasteiger partial charge in [-0.3, -0.25) is 4.79 Å². The minimum atomic E-state index is -3.18. The van der Waals surface area contributed by atoms with Gasteiger partial charge in [-0.05, 0) is 37.3 Å². The van der Waals surface area contributed by atoms with Gasteiger partial charge in [0.1, 0.15) is 5.75 Å². The number of carbonyl (C=O) groups is 1. The molecule has 0 bridgehead atoms. The van der Waals surface area contributed by atoms with Crippen LogP contribution < -0.4 is 10.1 Å². The Bertz CT molecular complexity index is 952. The molecule has 1 amide bonds. The summed E-state index contributed by atoms with van der Waals surface area (Å²) in [6.45, 7) is 1.98. The largest absolute Gasteiger partial charge is 0.455 e. The lowest BCUT2D eigenvalue weighted by atomic mass is 10.1. The molecule has 0 aromatic heterocycles. The second-order valence-corrected chi connectivity index (χ2v) is 8.59. The zero-order valence-corrected chi connectivity index (χ0v) is 15.7. The molecule has 0 fully saturated rings. The first-order valence-electron chi connectivity index (χ1n) is 8.06. The highest BCUT2D eigenvalue weighted by Gasteiger charge is 2.24. The van der Waals surface area contributed by atoms with E-state index in [1.54, 1.807) is 24.3 Å². The van der Waals surface area contributed by atoms with Gasteiger partial charge in [-0.25, -0.2) is 8.42 Å². The average molecular weight is 392 g/mol. The second-order valence-electron chi connectivity index (χ2n) is 6.23. The van der Waals surface area contributed by atoms with Gasteiger partial charge in [0.25, 0.3) is 0 Å². The Morgan fingerprint density at radius 1 is 1.23 bits per heavy atom. The van der Waals surface area contributed by atoms with Gasteiger partial charge >= 0.3 is 0 Å². The number of ether oxygens (including phenoxy) is 1. The molecular weight excluding hydrogens is 374 g/mol. The maximum Gasteiger partial charge on any atom is 0.225 e. The molecule has 1 atom stereocenters. The lowest BCUT2D eigenvalue weighted by Gasteiger charge is -2.14. The van der Waals surface area contributed by atoms with Crippen LogP contribution in [0.4, 0.5) is 5.69 Å². The number of hydrogen-bond acceptors (Lipinski definition) is 4. The van der Waals surface area contributed by atoms with Crippen LogP contribution in [0.2, 0.25) is 5.02 Å². The van der Waals surface area contributed by atoms with E-state index in [-0.39, 0.29) is 24.0 Å². The van der Waals surface area contributed by atoms with Gasteiger partial charge < -0.3 is 10.1 Å². The molecule has 0 aliphatic carbocycles. The monoisotopic (exact) mass is 391 g/mol. The highest BCUT2D eigenvalue weighted by molar-refractivity contribution is 7.94. The van der Waals surface area contributed by atoms with Crippen LogP contribution in [0.25, 0.3) is 0 Å². The van der Waals surface area contributed by atoms with Gasteiger partial charge in [0.05, 0.1) is 11.4 Å². The molecule has 0 spiro atoms. The van der Waals surface area contributed by atoms with Crippen molar-refractivity contribution in [2.45, 2.75) is 13.3 Å². The maximum absolute atomic E-state index is 12.3. The van der Waals surface area contributed by atoms with Crippen molar-refractivity contribution < 1.29 is 17.9 Å². The number of carbonyl (C=O) groups excluding carboxylic acids is 1. The first-order chi connectivity index (χ1) is 12.3. The summed E-state index contributed by atoms with van der Waals surface area (Å²) in [5.41, 5.74) is 1.55. The first kappa shape index (κ1) is 18.5. The van der Waals surface area contributed by atoms with Crippen LogP contribution in [0.1, 0.15) is 12.0 Å². The Balaban J connectivity index is 1.72. The van der Waals surface area contributed by atoms with E-state index in [4.69, 9.17) is 16.3 Å². The van der Waals surface area contributed by atoms with Crippen LogP contribution >= 0.6 is 11.6 Å². The summed E-state index contributed by atoms with van der Waals surface area (Å²) in [6.07, 6.45) is 1.63. The Kier molecular flexibility index (Phi) is 5.34. The number of allylic oxidation sites excluding steroid dienone is 1. The number of sulfone groups is 1. The molecule has 0 radical (unpaired) electrons. The number of aryl methyl sites for hydroxylation is 1. The van der Waals surface area contributed by atoms with E-state index in [1.807, 2.05) is 31.2 Å². The molecule has 2 aromatic carbocycles. The Hall–Kier alpha value is -2.31. The van der Waals surface area contributed by atoms with Crippen LogP contribution in [-0.2, 0) is 14.6 Å². The predicted octanol–water partition coefficient (Wildman–Crippen LogP) is 4.33. The Labute approximate surface area is 157 Å². The molecule has 5 nitrogen and oxygen atoms in total. The quantitative estimate of drug-likeness (QED) is 0.823. The highest BCUT2D eigenvalue weighted by atomic mass is 35.5. The topological polar surface area (TPSA) is 72.5 Å². The zero-order chi connectivity index (χ0) is 18.7. The van der Waals surface area contributed by atoms with Crippen molar-refractivity contribution in [2.24, 2.45) is 5.92 Å². The van der Waals surface area contributed by atoms with E-state index in [0.717, 1.165) is 11.0 Å². The number of amides is 1. The highest BCUT2D eigenvalue weighted by Crippen LogP contribution is 2.32. The molecule has 1 aliphatic heterocycles. The standard InChI is InChI=1S/C19H18ClNO4S/c1-13-2-5-16(6-3-13)25-18-7-4-15(20)11-17(18)21-19(22)10-14-8-9-26(23,24)12-14/h2-9,11,14H,10,12H2,1H3,(H,21,22). The summed E-state index contributed by atoms with van der Waals surface area (Å²) in [6, 6.07) is 12.5. The number of nitrogens with one attached hydrogen (secondary N) is 1. The molecule has 7 heteroatoms. The van der Waals surface area contributed by atoms with E-state index in [1.165, 1.54) is 0 Å². The van der Waals surface area contributed by atoms with Gasteiger partial charge in [-0.15, -0.1) is 0 Å². The van der Waals surface area contributed by atoms with Crippen molar-refractivity contribution in [3.63, 3.8) is 0 Å². The minimum absolute atomic E-state index is 0.0390. The number of rotatable bonds is 5. The van der Waals surface area contributed by atoms with Crippen molar-refractivity contribution >= 4 is 33.0 Å². The summed E-state index contributed by atoms with van der Waals surface area (Å²) in [7, 11) is -3.18. The fourth-order valence-electron chi connectivity index (χ4n) is 2.63. The molecule has 0 saturated heterocycles. The smallest absolute Gasteiger partial charge is 0.225 e. The summed E-state index contributed by atoms with van der Waals surface area (Å²) >= 11 is 6.03. The average Bonchev–Trinajstić information content (AvgIpc) is 2.90. The molecule has 1 N–H and O–H groups in total. The Morgan fingerprint density at radius 3 is 2.62 bits per heavy atom. The van der Waals surface area contributed by atoms with Crippen LogP contribution in [0, 0.1) is 12.8 Å². The van der Waals surface area contributed by atoms with E-state index in [9.17, 15) is 13.2 Å². The molecule has 0 saturated carbocycles. The van der Waals surface area contributed by atoms with Gasteiger partial charge in [0.15, 0.2) is 15.6 Å².